The molecule has 0 bridgehead atoms. The third-order valence-corrected chi connectivity index (χ3v) is 6.73. The fourth-order valence-electron chi connectivity index (χ4n) is 2.80. The topological polar surface area (TPSA) is 103 Å². The molecule has 1 atom stereocenters. The summed E-state index contributed by atoms with van der Waals surface area (Å²) in [6.07, 6.45) is 1.72. The van der Waals surface area contributed by atoms with Gasteiger partial charge in [-0.05, 0) is 39.2 Å². The van der Waals surface area contributed by atoms with Gasteiger partial charge in [-0.1, -0.05) is 0 Å². The summed E-state index contributed by atoms with van der Waals surface area (Å²) in [6, 6.07) is 0.0491. The average molecular weight is 396 g/mol. The van der Waals surface area contributed by atoms with Gasteiger partial charge in [-0.2, -0.15) is 0 Å². The van der Waals surface area contributed by atoms with Gasteiger partial charge in [0.05, 0.1) is 16.4 Å². The van der Waals surface area contributed by atoms with Gasteiger partial charge >= 0.3 is 5.97 Å². The number of nitrogens with one attached hydrogen (secondary N) is 1. The Hall–Kier alpha value is -1.87. The van der Waals surface area contributed by atoms with Crippen molar-refractivity contribution in [3.8, 4) is 0 Å². The highest BCUT2D eigenvalue weighted by atomic mass is 32.2. The lowest BCUT2D eigenvalue weighted by Crippen LogP contribution is -2.41. The van der Waals surface area contributed by atoms with E-state index in [1.165, 1.54) is 28.0 Å². The van der Waals surface area contributed by atoms with Crippen molar-refractivity contribution in [3.63, 3.8) is 0 Å². The van der Waals surface area contributed by atoms with Crippen LogP contribution in [0, 0.1) is 13.8 Å². The van der Waals surface area contributed by atoms with Crippen molar-refractivity contribution in [2.75, 3.05) is 6.54 Å². The van der Waals surface area contributed by atoms with Crippen LogP contribution in [0.5, 0.6) is 0 Å². The molecule has 9 heteroatoms. The number of rotatable bonds is 7. The summed E-state index contributed by atoms with van der Waals surface area (Å²) >= 11 is 2.85. The molecule has 7 nitrogen and oxygen atoms in total. The van der Waals surface area contributed by atoms with Gasteiger partial charge in [0.2, 0.25) is 5.91 Å². The lowest BCUT2D eigenvalue weighted by Gasteiger charge is -2.23. The van der Waals surface area contributed by atoms with E-state index in [0.29, 0.717) is 21.8 Å². The Bertz CT molecular complexity index is 917. The molecule has 0 spiro atoms. The number of hydrogen-bond acceptors (Lipinski definition) is 6. The van der Waals surface area contributed by atoms with Crippen molar-refractivity contribution >= 4 is 45.2 Å². The molecule has 2 heterocycles. The summed E-state index contributed by atoms with van der Waals surface area (Å²) in [5.74, 6) is -0.252. The first kappa shape index (κ1) is 18.9. The number of thiophene rings is 1. The zero-order chi connectivity index (χ0) is 19.0. The Morgan fingerprint density at radius 1 is 1.42 bits per heavy atom. The molecule has 0 aromatic carbocycles. The summed E-state index contributed by atoms with van der Waals surface area (Å²) in [6.45, 7) is 5.38. The number of carboxylic acid groups (broad SMARTS) is 1. The molecule has 1 aliphatic rings. The number of nitrogens with zero attached hydrogens (tertiary/aromatic N) is 2. The van der Waals surface area contributed by atoms with Crippen LogP contribution >= 0.6 is 23.1 Å². The quantitative estimate of drug-likeness (QED) is 0.746. The Morgan fingerprint density at radius 2 is 2.12 bits per heavy atom. The molecule has 2 aromatic rings. The molecule has 0 saturated heterocycles. The molecule has 1 unspecified atom stereocenters. The smallest absolute Gasteiger partial charge is 0.323 e. The molecule has 1 amide bonds. The lowest BCUT2D eigenvalue weighted by molar-refractivity contribution is -0.144. The molecular weight excluding hydrogens is 374 g/mol. The molecule has 1 fully saturated rings. The second-order valence-electron chi connectivity index (χ2n) is 6.52. The van der Waals surface area contributed by atoms with Crippen LogP contribution in [0.25, 0.3) is 10.2 Å². The van der Waals surface area contributed by atoms with Gasteiger partial charge in [0, 0.05) is 10.9 Å². The minimum atomic E-state index is -0.998. The zero-order valence-electron chi connectivity index (χ0n) is 14.9. The van der Waals surface area contributed by atoms with Gasteiger partial charge in [0.25, 0.3) is 5.56 Å². The van der Waals surface area contributed by atoms with Crippen molar-refractivity contribution in [3.05, 3.63) is 26.6 Å². The SMILES string of the molecule is Cc1sc2nc(CSC(C)C(=O)N(CC(=O)O)C3CC3)[nH]c(=O)c2c1C. The van der Waals surface area contributed by atoms with Gasteiger partial charge in [0.15, 0.2) is 0 Å². The second kappa shape index (κ2) is 7.40. The Balaban J connectivity index is 1.70. The molecule has 3 rings (SSSR count). The highest BCUT2D eigenvalue weighted by molar-refractivity contribution is 7.99. The molecule has 140 valence electrons. The van der Waals surface area contributed by atoms with Crippen LogP contribution in [0.1, 0.15) is 36.0 Å². The van der Waals surface area contributed by atoms with E-state index in [1.54, 1.807) is 6.92 Å². The van der Waals surface area contributed by atoms with E-state index < -0.39 is 11.2 Å². The number of aryl methyl sites for hydroxylation is 2. The van der Waals surface area contributed by atoms with Gasteiger partial charge in [-0.3, -0.25) is 14.4 Å². The number of aromatic nitrogens is 2. The van der Waals surface area contributed by atoms with Crippen LogP contribution in [-0.2, 0) is 15.3 Å². The third kappa shape index (κ3) is 3.93. The monoisotopic (exact) mass is 395 g/mol. The lowest BCUT2D eigenvalue weighted by atomic mass is 10.2. The fourth-order valence-corrected chi connectivity index (χ4v) is 4.67. The molecule has 2 aromatic heterocycles. The van der Waals surface area contributed by atoms with Crippen LogP contribution < -0.4 is 5.56 Å². The van der Waals surface area contributed by atoms with E-state index in [-0.39, 0.29) is 24.1 Å². The molecular formula is C17H21N3O4S2. The number of aliphatic carboxylic acids is 1. The van der Waals surface area contributed by atoms with E-state index in [9.17, 15) is 14.4 Å². The minimum absolute atomic E-state index is 0.0491. The maximum Gasteiger partial charge on any atom is 0.323 e. The average Bonchev–Trinajstić information content (AvgIpc) is 3.36. The van der Waals surface area contributed by atoms with Crippen LogP contribution in [0.3, 0.4) is 0 Å². The van der Waals surface area contributed by atoms with Gasteiger partial charge in [0.1, 0.15) is 17.2 Å². The predicted molar refractivity (Wildman–Crippen MR) is 103 cm³/mol. The first-order valence-corrected chi connectivity index (χ1v) is 10.3. The van der Waals surface area contributed by atoms with Crippen LogP contribution in [0.4, 0.5) is 0 Å². The van der Waals surface area contributed by atoms with Crippen molar-refractivity contribution in [1.29, 1.82) is 0 Å². The second-order valence-corrected chi connectivity index (χ2v) is 9.05. The first-order chi connectivity index (χ1) is 12.3. The van der Waals surface area contributed by atoms with E-state index in [2.05, 4.69) is 9.97 Å². The van der Waals surface area contributed by atoms with Crippen molar-refractivity contribution < 1.29 is 14.7 Å². The number of carbonyl (C=O) groups is 2. The summed E-state index contributed by atoms with van der Waals surface area (Å²) in [4.78, 5) is 46.4. The fraction of sp³-hybridized carbons (Fsp3) is 0.529. The third-order valence-electron chi connectivity index (χ3n) is 4.48. The Morgan fingerprint density at radius 3 is 2.73 bits per heavy atom. The standard InChI is InChI=1S/C17H21N3O4S2/c1-8-9(2)26-16-14(8)15(23)18-12(19-16)7-25-10(3)17(24)20(6-13(21)22)11-4-5-11/h10-11H,4-7H2,1-3H3,(H,21,22)(H,18,19,23). The van der Waals surface area contributed by atoms with Crippen molar-refractivity contribution in [2.24, 2.45) is 0 Å². The first-order valence-electron chi connectivity index (χ1n) is 8.40. The zero-order valence-corrected chi connectivity index (χ0v) is 16.5. The van der Waals surface area contributed by atoms with Gasteiger partial charge in [-0.25, -0.2) is 4.98 Å². The number of hydrogen-bond donors (Lipinski definition) is 2. The highest BCUT2D eigenvalue weighted by Gasteiger charge is 2.35. The van der Waals surface area contributed by atoms with Crippen molar-refractivity contribution in [1.82, 2.24) is 14.9 Å². The summed E-state index contributed by atoms with van der Waals surface area (Å²) in [7, 11) is 0. The van der Waals surface area contributed by atoms with Gasteiger partial charge in [-0.15, -0.1) is 23.1 Å². The number of aromatic amines is 1. The summed E-state index contributed by atoms with van der Waals surface area (Å²) in [5, 5.41) is 9.24. The van der Waals surface area contributed by atoms with Crippen LogP contribution in [-0.4, -0.2) is 49.7 Å². The largest absolute Gasteiger partial charge is 0.480 e. The molecule has 0 aliphatic heterocycles. The van der Waals surface area contributed by atoms with E-state index in [0.717, 1.165) is 23.3 Å². The molecule has 1 saturated carbocycles. The Kier molecular flexibility index (Phi) is 5.38. The van der Waals surface area contributed by atoms with E-state index in [1.807, 2.05) is 13.8 Å². The maximum absolute atomic E-state index is 12.6. The number of thioether (sulfide) groups is 1. The van der Waals surface area contributed by atoms with E-state index >= 15 is 0 Å². The normalized spacial score (nSPS) is 15.2. The summed E-state index contributed by atoms with van der Waals surface area (Å²) < 4.78 is 0. The van der Waals surface area contributed by atoms with Crippen molar-refractivity contribution in [2.45, 2.75) is 50.7 Å². The number of H-pyrrole nitrogens is 1. The van der Waals surface area contributed by atoms with E-state index in [4.69, 9.17) is 5.11 Å². The van der Waals surface area contributed by atoms with Crippen LogP contribution in [0.15, 0.2) is 4.79 Å². The number of fused-ring (bicyclic) bond motifs is 1. The maximum atomic E-state index is 12.6. The van der Waals surface area contributed by atoms with Gasteiger partial charge < -0.3 is 15.0 Å². The number of amides is 1. The van der Waals surface area contributed by atoms with Crippen LogP contribution in [0.2, 0.25) is 0 Å². The number of carbonyl (C=O) groups excluding carboxylic acids is 1. The summed E-state index contributed by atoms with van der Waals surface area (Å²) in [5.41, 5.74) is 0.798. The molecule has 1 aliphatic carbocycles. The minimum Gasteiger partial charge on any atom is -0.480 e. The molecule has 0 radical (unpaired) electrons. The highest BCUT2D eigenvalue weighted by Crippen LogP contribution is 2.30. The predicted octanol–water partition coefficient (Wildman–Crippen LogP) is 2.30. The molecule has 2 N–H and O–H groups in total. The molecule has 26 heavy (non-hydrogen) atoms. The Labute approximate surface area is 158 Å². The number of carboxylic acids is 1.